The zero-order valence-corrected chi connectivity index (χ0v) is 16.1. The van der Waals surface area contributed by atoms with Crippen molar-refractivity contribution in [2.45, 2.75) is 13.0 Å². The molecule has 1 heterocycles. The van der Waals surface area contributed by atoms with Crippen LogP contribution in [0.25, 0.3) is 10.8 Å². The lowest BCUT2D eigenvalue weighted by Gasteiger charge is -2.20. The van der Waals surface area contributed by atoms with Gasteiger partial charge >= 0.3 is 5.97 Å². The molecule has 3 aromatic rings. The van der Waals surface area contributed by atoms with E-state index in [-0.39, 0.29) is 11.1 Å². The third-order valence-corrected chi connectivity index (χ3v) is 4.93. The fourth-order valence-corrected chi connectivity index (χ4v) is 3.39. The Kier molecular flexibility index (Phi) is 5.02. The van der Waals surface area contributed by atoms with E-state index in [2.05, 4.69) is 5.32 Å². The minimum absolute atomic E-state index is 0.246. The molecule has 0 bridgehead atoms. The molecule has 3 amide bonds. The van der Waals surface area contributed by atoms with E-state index in [9.17, 15) is 19.2 Å². The number of carbonyl (C=O) groups excluding carboxylic acids is 4. The number of fused-ring (bicyclic) bond motifs is 2. The number of rotatable bonds is 5. The van der Waals surface area contributed by atoms with Crippen LogP contribution in [0.1, 0.15) is 27.6 Å². The Morgan fingerprint density at radius 1 is 0.900 bits per heavy atom. The average molecular weight is 402 g/mol. The SMILES string of the molecule is C[C@@H](C(=O)OCC(=O)Nc1ccc2ccccc2c1)N1C(=O)c2ccccc2C1=O. The van der Waals surface area contributed by atoms with Crippen LogP contribution < -0.4 is 5.32 Å². The molecule has 150 valence electrons. The zero-order valence-electron chi connectivity index (χ0n) is 16.1. The molecule has 7 nitrogen and oxygen atoms in total. The van der Waals surface area contributed by atoms with Crippen LogP contribution in [0.5, 0.6) is 0 Å². The number of hydrogen-bond donors (Lipinski definition) is 1. The molecular formula is C23H18N2O5. The number of benzene rings is 3. The Labute approximate surface area is 172 Å². The van der Waals surface area contributed by atoms with Gasteiger partial charge in [0, 0.05) is 5.69 Å². The van der Waals surface area contributed by atoms with Gasteiger partial charge in [0.25, 0.3) is 17.7 Å². The van der Waals surface area contributed by atoms with Crippen molar-refractivity contribution in [3.05, 3.63) is 77.9 Å². The van der Waals surface area contributed by atoms with Crippen LogP contribution in [0.3, 0.4) is 0 Å². The third kappa shape index (κ3) is 3.53. The van der Waals surface area contributed by atoms with Crippen molar-refractivity contribution in [1.29, 1.82) is 0 Å². The summed E-state index contributed by atoms with van der Waals surface area (Å²) < 4.78 is 5.04. The summed E-state index contributed by atoms with van der Waals surface area (Å²) in [6.45, 7) is 0.865. The molecule has 1 atom stereocenters. The number of esters is 1. The standard InChI is InChI=1S/C23H18N2O5/c1-14(25-21(27)18-8-4-5-9-19(18)22(25)28)23(29)30-13-20(26)24-17-11-10-15-6-2-3-7-16(15)12-17/h2-12,14H,13H2,1H3,(H,24,26)/t14-/m0/s1. The molecule has 1 aliphatic heterocycles. The molecule has 3 aromatic carbocycles. The molecule has 0 saturated heterocycles. The van der Waals surface area contributed by atoms with Gasteiger partial charge in [-0.1, -0.05) is 42.5 Å². The van der Waals surface area contributed by atoms with Gasteiger partial charge in [0.2, 0.25) is 0 Å². The first kappa shape index (κ1) is 19.3. The van der Waals surface area contributed by atoms with Crippen LogP contribution in [-0.2, 0) is 14.3 Å². The minimum atomic E-state index is -1.15. The van der Waals surface area contributed by atoms with Gasteiger partial charge in [-0.15, -0.1) is 0 Å². The van der Waals surface area contributed by atoms with Gasteiger partial charge in [0.15, 0.2) is 6.61 Å². The molecule has 0 aliphatic carbocycles. The first-order valence-corrected chi connectivity index (χ1v) is 9.38. The minimum Gasteiger partial charge on any atom is -0.454 e. The second-order valence-electron chi connectivity index (χ2n) is 6.92. The Bertz CT molecular complexity index is 1150. The summed E-state index contributed by atoms with van der Waals surface area (Å²) in [6.07, 6.45) is 0. The summed E-state index contributed by atoms with van der Waals surface area (Å²) in [5, 5.41) is 4.67. The molecule has 1 aliphatic rings. The van der Waals surface area contributed by atoms with E-state index in [1.165, 1.54) is 19.1 Å². The van der Waals surface area contributed by atoms with E-state index >= 15 is 0 Å². The highest BCUT2D eigenvalue weighted by molar-refractivity contribution is 6.22. The van der Waals surface area contributed by atoms with Gasteiger partial charge in [0.05, 0.1) is 11.1 Å². The maximum absolute atomic E-state index is 12.5. The van der Waals surface area contributed by atoms with E-state index < -0.39 is 36.3 Å². The molecule has 30 heavy (non-hydrogen) atoms. The molecule has 7 heteroatoms. The fraction of sp³-hybridized carbons (Fsp3) is 0.130. The monoisotopic (exact) mass is 402 g/mol. The summed E-state index contributed by atoms with van der Waals surface area (Å²) in [5.41, 5.74) is 1.07. The number of hydrogen-bond acceptors (Lipinski definition) is 5. The highest BCUT2D eigenvalue weighted by Crippen LogP contribution is 2.25. The summed E-state index contributed by atoms with van der Waals surface area (Å²) in [6, 6.07) is 18.4. The van der Waals surface area contributed by atoms with Gasteiger partial charge in [-0.2, -0.15) is 0 Å². The molecular weight excluding hydrogens is 384 g/mol. The first-order valence-electron chi connectivity index (χ1n) is 9.38. The average Bonchev–Trinajstić information content (AvgIpc) is 3.02. The number of nitrogens with one attached hydrogen (secondary N) is 1. The van der Waals surface area contributed by atoms with Crippen LogP contribution in [-0.4, -0.2) is 41.2 Å². The molecule has 0 unspecified atom stereocenters. The molecule has 1 N–H and O–H groups in total. The van der Waals surface area contributed by atoms with E-state index in [1.807, 2.05) is 36.4 Å². The molecule has 0 radical (unpaired) electrons. The van der Waals surface area contributed by atoms with Gasteiger partial charge in [0.1, 0.15) is 6.04 Å². The van der Waals surface area contributed by atoms with Crippen molar-refractivity contribution in [2.24, 2.45) is 0 Å². The van der Waals surface area contributed by atoms with E-state index in [4.69, 9.17) is 4.74 Å². The number of nitrogens with zero attached hydrogens (tertiary/aromatic N) is 1. The predicted molar refractivity (Wildman–Crippen MR) is 110 cm³/mol. The Balaban J connectivity index is 1.36. The maximum Gasteiger partial charge on any atom is 0.329 e. The Morgan fingerprint density at radius 2 is 1.50 bits per heavy atom. The number of imide groups is 1. The summed E-state index contributed by atoms with van der Waals surface area (Å²) in [4.78, 5) is 50.3. The summed E-state index contributed by atoms with van der Waals surface area (Å²) >= 11 is 0. The Morgan fingerprint density at radius 3 is 2.17 bits per heavy atom. The van der Waals surface area contributed by atoms with Crippen molar-refractivity contribution < 1.29 is 23.9 Å². The number of amides is 3. The van der Waals surface area contributed by atoms with Crippen molar-refractivity contribution in [3.63, 3.8) is 0 Å². The highest BCUT2D eigenvalue weighted by Gasteiger charge is 2.41. The normalized spacial score (nSPS) is 13.8. The topological polar surface area (TPSA) is 92.8 Å². The lowest BCUT2D eigenvalue weighted by Crippen LogP contribution is -2.44. The second kappa shape index (κ2) is 7.79. The van der Waals surface area contributed by atoms with Crippen LogP contribution in [0.2, 0.25) is 0 Å². The molecule has 0 fully saturated rings. The third-order valence-electron chi connectivity index (χ3n) is 4.93. The molecule has 4 rings (SSSR count). The van der Waals surface area contributed by atoms with E-state index in [0.717, 1.165) is 15.7 Å². The van der Waals surface area contributed by atoms with Crippen molar-refractivity contribution in [1.82, 2.24) is 4.90 Å². The molecule has 0 spiro atoms. The van der Waals surface area contributed by atoms with Crippen LogP contribution in [0.4, 0.5) is 5.69 Å². The Hall–Kier alpha value is -4.00. The van der Waals surface area contributed by atoms with Gasteiger partial charge in [-0.3, -0.25) is 19.3 Å². The van der Waals surface area contributed by atoms with Crippen LogP contribution in [0.15, 0.2) is 66.7 Å². The second-order valence-corrected chi connectivity index (χ2v) is 6.92. The quantitative estimate of drug-likeness (QED) is 0.523. The van der Waals surface area contributed by atoms with Gasteiger partial charge in [-0.05, 0) is 42.0 Å². The van der Waals surface area contributed by atoms with Crippen molar-refractivity contribution in [2.75, 3.05) is 11.9 Å². The zero-order chi connectivity index (χ0) is 21.3. The van der Waals surface area contributed by atoms with Crippen LogP contribution >= 0.6 is 0 Å². The maximum atomic E-state index is 12.5. The number of anilines is 1. The summed E-state index contributed by atoms with van der Waals surface area (Å²) in [7, 11) is 0. The van der Waals surface area contributed by atoms with E-state index in [1.54, 1.807) is 18.2 Å². The lowest BCUT2D eigenvalue weighted by molar-refractivity contribution is -0.150. The predicted octanol–water partition coefficient (Wildman–Crippen LogP) is 3.01. The number of ether oxygens (including phenoxy) is 1. The summed E-state index contributed by atoms with van der Waals surface area (Å²) in [5.74, 6) is -2.47. The van der Waals surface area contributed by atoms with E-state index in [0.29, 0.717) is 5.69 Å². The first-order chi connectivity index (χ1) is 14.5. The molecule has 0 saturated carbocycles. The fourth-order valence-electron chi connectivity index (χ4n) is 3.39. The highest BCUT2D eigenvalue weighted by atomic mass is 16.5. The largest absolute Gasteiger partial charge is 0.454 e. The van der Waals surface area contributed by atoms with Crippen molar-refractivity contribution >= 4 is 40.2 Å². The van der Waals surface area contributed by atoms with Crippen LogP contribution in [0, 0.1) is 0 Å². The lowest BCUT2D eigenvalue weighted by atomic mass is 10.1. The van der Waals surface area contributed by atoms with Crippen molar-refractivity contribution in [3.8, 4) is 0 Å². The smallest absolute Gasteiger partial charge is 0.329 e. The van der Waals surface area contributed by atoms with Gasteiger partial charge in [-0.25, -0.2) is 4.79 Å². The number of carbonyl (C=O) groups is 4. The molecule has 0 aromatic heterocycles. The van der Waals surface area contributed by atoms with Gasteiger partial charge < -0.3 is 10.1 Å².